The number of nitrogens with zero attached hydrogens (tertiary/aromatic N) is 1. The van der Waals surface area contributed by atoms with Crippen LogP contribution >= 0.6 is 0 Å². The van der Waals surface area contributed by atoms with Gasteiger partial charge in [-0.25, -0.2) is 0 Å². The molecule has 0 spiro atoms. The molecule has 1 N–H and O–H groups in total. The quantitative estimate of drug-likeness (QED) is 0.859. The molecule has 5 heteroatoms. The van der Waals surface area contributed by atoms with Crippen LogP contribution in [0.1, 0.15) is 12.0 Å². The topological polar surface area (TPSA) is 51.2 Å². The monoisotopic (exact) mass is 281 g/mol. The molecule has 1 saturated heterocycles. The number of ether oxygens (including phenoxy) is 3. The second kappa shape index (κ2) is 7.47. The molecule has 1 aromatic carbocycles. The third-order valence-electron chi connectivity index (χ3n) is 3.56. The maximum Gasteiger partial charge on any atom is 0.162 e. The number of phenols is 1. The molecule has 1 unspecified atom stereocenters. The zero-order valence-corrected chi connectivity index (χ0v) is 12.2. The van der Waals surface area contributed by atoms with Gasteiger partial charge >= 0.3 is 0 Å². The van der Waals surface area contributed by atoms with E-state index in [1.54, 1.807) is 20.3 Å². The third kappa shape index (κ3) is 3.85. The molecule has 1 aliphatic heterocycles. The van der Waals surface area contributed by atoms with Crippen molar-refractivity contribution in [3.63, 3.8) is 0 Å². The Morgan fingerprint density at radius 3 is 3.00 bits per heavy atom. The SMILES string of the molecule is COCCC1CN(Cc2cccc(OC)c2O)CCO1. The van der Waals surface area contributed by atoms with Gasteiger partial charge in [0.1, 0.15) is 0 Å². The summed E-state index contributed by atoms with van der Waals surface area (Å²) in [5.74, 6) is 0.752. The number of benzene rings is 1. The number of hydrogen-bond acceptors (Lipinski definition) is 5. The number of aromatic hydroxyl groups is 1. The van der Waals surface area contributed by atoms with Gasteiger partial charge in [0.2, 0.25) is 0 Å². The van der Waals surface area contributed by atoms with E-state index in [-0.39, 0.29) is 11.9 Å². The van der Waals surface area contributed by atoms with Crippen LogP contribution in [0.5, 0.6) is 11.5 Å². The van der Waals surface area contributed by atoms with E-state index >= 15 is 0 Å². The Bertz CT molecular complexity index is 424. The van der Waals surface area contributed by atoms with Gasteiger partial charge < -0.3 is 19.3 Å². The van der Waals surface area contributed by atoms with Crippen LogP contribution in [-0.2, 0) is 16.0 Å². The van der Waals surface area contributed by atoms with Gasteiger partial charge in [0.15, 0.2) is 11.5 Å². The van der Waals surface area contributed by atoms with Crippen LogP contribution in [-0.4, -0.2) is 56.6 Å². The highest BCUT2D eigenvalue weighted by atomic mass is 16.5. The van der Waals surface area contributed by atoms with E-state index in [1.807, 2.05) is 12.1 Å². The Morgan fingerprint density at radius 2 is 2.25 bits per heavy atom. The summed E-state index contributed by atoms with van der Waals surface area (Å²) in [7, 11) is 3.27. The lowest BCUT2D eigenvalue weighted by atomic mass is 10.1. The van der Waals surface area contributed by atoms with Crippen LogP contribution < -0.4 is 4.74 Å². The van der Waals surface area contributed by atoms with Crippen LogP contribution in [0, 0.1) is 0 Å². The molecule has 2 rings (SSSR count). The van der Waals surface area contributed by atoms with Gasteiger partial charge in [-0.3, -0.25) is 4.90 Å². The van der Waals surface area contributed by atoms with Gasteiger partial charge in [0, 0.05) is 38.9 Å². The molecule has 20 heavy (non-hydrogen) atoms. The molecule has 0 aliphatic carbocycles. The molecular weight excluding hydrogens is 258 g/mol. The van der Waals surface area contributed by atoms with Gasteiger partial charge in [-0.1, -0.05) is 12.1 Å². The lowest BCUT2D eigenvalue weighted by molar-refractivity contribution is -0.0434. The predicted molar refractivity (Wildman–Crippen MR) is 76.2 cm³/mol. The Kier molecular flexibility index (Phi) is 5.64. The minimum atomic E-state index is 0.205. The number of rotatable bonds is 6. The van der Waals surface area contributed by atoms with Gasteiger partial charge in [-0.15, -0.1) is 0 Å². The third-order valence-corrected chi connectivity index (χ3v) is 3.56. The first-order valence-electron chi connectivity index (χ1n) is 6.92. The lowest BCUT2D eigenvalue weighted by Crippen LogP contribution is -2.42. The van der Waals surface area contributed by atoms with E-state index in [2.05, 4.69) is 4.90 Å². The Labute approximate surface area is 120 Å². The maximum absolute atomic E-state index is 10.1. The van der Waals surface area contributed by atoms with E-state index < -0.39 is 0 Å². The molecule has 1 aliphatic rings. The van der Waals surface area contributed by atoms with Crippen molar-refractivity contribution in [2.24, 2.45) is 0 Å². The molecule has 0 amide bonds. The fourth-order valence-corrected chi connectivity index (χ4v) is 2.45. The molecule has 112 valence electrons. The molecule has 5 nitrogen and oxygen atoms in total. The summed E-state index contributed by atoms with van der Waals surface area (Å²) >= 11 is 0. The van der Waals surface area contributed by atoms with E-state index in [1.165, 1.54) is 0 Å². The highest BCUT2D eigenvalue weighted by molar-refractivity contribution is 5.45. The zero-order valence-electron chi connectivity index (χ0n) is 12.2. The average Bonchev–Trinajstić information content (AvgIpc) is 2.48. The van der Waals surface area contributed by atoms with Crippen LogP contribution in [0.15, 0.2) is 18.2 Å². The fourth-order valence-electron chi connectivity index (χ4n) is 2.45. The molecule has 0 aromatic heterocycles. The van der Waals surface area contributed by atoms with Crippen molar-refractivity contribution in [2.45, 2.75) is 19.1 Å². The molecule has 0 saturated carbocycles. The van der Waals surface area contributed by atoms with Gasteiger partial charge in [0.05, 0.1) is 19.8 Å². The molecule has 0 radical (unpaired) electrons. The molecular formula is C15H23NO4. The summed E-state index contributed by atoms with van der Waals surface area (Å²) in [6.07, 6.45) is 1.10. The number of phenolic OH excluding ortho intramolecular Hbond substituents is 1. The minimum Gasteiger partial charge on any atom is -0.504 e. The lowest BCUT2D eigenvalue weighted by Gasteiger charge is -2.33. The first-order valence-corrected chi connectivity index (χ1v) is 6.92. The van der Waals surface area contributed by atoms with E-state index in [0.717, 1.165) is 31.7 Å². The van der Waals surface area contributed by atoms with Crippen molar-refractivity contribution in [1.29, 1.82) is 0 Å². The minimum absolute atomic E-state index is 0.205. The first kappa shape index (κ1) is 15.1. The summed E-state index contributed by atoms with van der Waals surface area (Å²) in [4.78, 5) is 2.29. The zero-order chi connectivity index (χ0) is 14.4. The summed E-state index contributed by atoms with van der Waals surface area (Å²) < 4.78 is 15.9. The van der Waals surface area contributed by atoms with Crippen molar-refractivity contribution in [2.75, 3.05) is 40.5 Å². The summed E-state index contributed by atoms with van der Waals surface area (Å²) in [6, 6.07) is 5.59. The number of morpholine rings is 1. The fraction of sp³-hybridized carbons (Fsp3) is 0.600. The maximum atomic E-state index is 10.1. The first-order chi connectivity index (χ1) is 9.74. The Morgan fingerprint density at radius 1 is 1.40 bits per heavy atom. The standard InChI is InChI=1S/C15H23NO4/c1-18-8-6-13-11-16(7-9-20-13)10-12-4-3-5-14(19-2)15(12)17/h3-5,13,17H,6-11H2,1-2H3. The van der Waals surface area contributed by atoms with Gasteiger partial charge in [-0.05, 0) is 12.5 Å². The van der Waals surface area contributed by atoms with Crippen molar-refractivity contribution < 1.29 is 19.3 Å². The molecule has 1 aromatic rings. The van der Waals surface area contributed by atoms with Crippen LogP contribution in [0.25, 0.3) is 0 Å². The van der Waals surface area contributed by atoms with E-state index in [4.69, 9.17) is 14.2 Å². The Hall–Kier alpha value is -1.30. The smallest absolute Gasteiger partial charge is 0.162 e. The van der Waals surface area contributed by atoms with Crippen LogP contribution in [0.4, 0.5) is 0 Å². The highest BCUT2D eigenvalue weighted by Crippen LogP contribution is 2.30. The largest absolute Gasteiger partial charge is 0.504 e. The second-order valence-corrected chi connectivity index (χ2v) is 4.98. The van der Waals surface area contributed by atoms with Crippen LogP contribution in [0.2, 0.25) is 0 Å². The molecule has 1 heterocycles. The van der Waals surface area contributed by atoms with Crippen LogP contribution in [0.3, 0.4) is 0 Å². The normalized spacial score (nSPS) is 20.0. The Balaban J connectivity index is 1.95. The number of methoxy groups -OCH3 is 2. The van der Waals surface area contributed by atoms with Crippen molar-refractivity contribution >= 4 is 0 Å². The summed E-state index contributed by atoms with van der Waals surface area (Å²) in [6.45, 7) is 3.87. The van der Waals surface area contributed by atoms with Crippen molar-refractivity contribution in [1.82, 2.24) is 4.90 Å². The highest BCUT2D eigenvalue weighted by Gasteiger charge is 2.21. The van der Waals surface area contributed by atoms with Gasteiger partial charge in [0.25, 0.3) is 0 Å². The average molecular weight is 281 g/mol. The van der Waals surface area contributed by atoms with E-state index in [0.29, 0.717) is 18.9 Å². The van der Waals surface area contributed by atoms with Crippen molar-refractivity contribution in [3.05, 3.63) is 23.8 Å². The number of para-hydroxylation sites is 1. The second-order valence-electron chi connectivity index (χ2n) is 4.98. The van der Waals surface area contributed by atoms with E-state index in [9.17, 15) is 5.11 Å². The summed E-state index contributed by atoms with van der Waals surface area (Å²) in [5, 5.41) is 10.1. The molecule has 0 bridgehead atoms. The van der Waals surface area contributed by atoms with Gasteiger partial charge in [-0.2, -0.15) is 0 Å². The molecule has 1 fully saturated rings. The predicted octanol–water partition coefficient (Wildman–Crippen LogP) is 1.64. The van der Waals surface area contributed by atoms with Crippen molar-refractivity contribution in [3.8, 4) is 11.5 Å². The summed E-state index contributed by atoms with van der Waals surface area (Å²) in [5.41, 5.74) is 0.886. The molecule has 1 atom stereocenters. The number of hydrogen-bond donors (Lipinski definition) is 1.